The molecule has 0 saturated carbocycles. The summed E-state index contributed by atoms with van der Waals surface area (Å²) < 4.78 is 9.73. The van der Waals surface area contributed by atoms with Crippen LogP contribution < -0.4 is 0 Å². The van der Waals surface area contributed by atoms with Crippen molar-refractivity contribution in [2.24, 2.45) is 0 Å². The highest BCUT2D eigenvalue weighted by atomic mass is 16.7. The molecule has 0 fully saturated rings. The third-order valence-electron chi connectivity index (χ3n) is 2.27. The average molecular weight is 216 g/mol. The monoisotopic (exact) mass is 216 g/mol. The van der Waals surface area contributed by atoms with Crippen LogP contribution in [0.15, 0.2) is 0 Å². The summed E-state index contributed by atoms with van der Waals surface area (Å²) in [6, 6.07) is 0. The minimum absolute atomic E-state index is 0.0225. The van der Waals surface area contributed by atoms with Gasteiger partial charge in [-0.2, -0.15) is 0 Å². The molecule has 0 rings (SSSR count). The van der Waals surface area contributed by atoms with E-state index in [1.54, 1.807) is 6.92 Å². The molecule has 3 heteroatoms. The molecule has 0 amide bonds. The first-order valence-corrected chi connectivity index (χ1v) is 6.04. The fraction of sp³-hybridized carbons (Fsp3) is 0.917. The first-order valence-electron chi connectivity index (χ1n) is 6.04. The van der Waals surface area contributed by atoms with E-state index < -0.39 is 6.16 Å². The van der Waals surface area contributed by atoms with E-state index in [1.165, 1.54) is 25.7 Å². The predicted octanol–water partition coefficient (Wildman–Crippen LogP) is 3.91. The van der Waals surface area contributed by atoms with Crippen LogP contribution >= 0.6 is 0 Å². The van der Waals surface area contributed by atoms with Crippen LogP contribution in [0, 0.1) is 0 Å². The van der Waals surface area contributed by atoms with Gasteiger partial charge in [-0.15, -0.1) is 0 Å². The van der Waals surface area contributed by atoms with Crippen LogP contribution in [0.3, 0.4) is 0 Å². The van der Waals surface area contributed by atoms with Gasteiger partial charge in [0.05, 0.1) is 6.61 Å². The number of carbonyl (C=O) groups is 1. The number of hydrogen-bond acceptors (Lipinski definition) is 3. The van der Waals surface area contributed by atoms with Gasteiger partial charge in [-0.25, -0.2) is 4.79 Å². The Balaban J connectivity index is 3.32. The van der Waals surface area contributed by atoms with Crippen LogP contribution in [0.2, 0.25) is 0 Å². The number of unbranched alkanes of at least 4 members (excludes halogenated alkanes) is 4. The van der Waals surface area contributed by atoms with E-state index in [9.17, 15) is 4.79 Å². The standard InChI is InChI=1S/C12H24O3/c1-4-6-7-8-9-10-11(3)15-12(13)14-5-2/h11H,4-10H2,1-3H3. The smallest absolute Gasteiger partial charge is 0.435 e. The highest BCUT2D eigenvalue weighted by molar-refractivity contribution is 5.59. The minimum atomic E-state index is -0.543. The maximum absolute atomic E-state index is 10.9. The molecule has 0 bridgehead atoms. The van der Waals surface area contributed by atoms with E-state index in [1.807, 2.05) is 6.92 Å². The summed E-state index contributed by atoms with van der Waals surface area (Å²) in [5.41, 5.74) is 0. The number of carbonyl (C=O) groups excluding carboxylic acids is 1. The highest BCUT2D eigenvalue weighted by Crippen LogP contribution is 2.09. The van der Waals surface area contributed by atoms with Crippen molar-refractivity contribution < 1.29 is 14.3 Å². The second kappa shape index (κ2) is 9.81. The molecule has 1 unspecified atom stereocenters. The van der Waals surface area contributed by atoms with Crippen molar-refractivity contribution in [3.63, 3.8) is 0 Å². The lowest BCUT2D eigenvalue weighted by atomic mass is 10.1. The maximum atomic E-state index is 10.9. The molecular formula is C12H24O3. The summed E-state index contributed by atoms with van der Waals surface area (Å²) in [6.45, 7) is 6.27. The van der Waals surface area contributed by atoms with Crippen LogP contribution in [0.4, 0.5) is 4.79 Å². The van der Waals surface area contributed by atoms with Crippen molar-refractivity contribution in [3.05, 3.63) is 0 Å². The fourth-order valence-corrected chi connectivity index (χ4v) is 1.41. The van der Waals surface area contributed by atoms with Gasteiger partial charge >= 0.3 is 6.16 Å². The molecule has 0 saturated heterocycles. The van der Waals surface area contributed by atoms with Crippen molar-refractivity contribution in [2.75, 3.05) is 6.61 Å². The van der Waals surface area contributed by atoms with Gasteiger partial charge < -0.3 is 9.47 Å². The normalized spacial score (nSPS) is 12.2. The van der Waals surface area contributed by atoms with Gasteiger partial charge in [-0.3, -0.25) is 0 Å². The summed E-state index contributed by atoms with van der Waals surface area (Å²) in [5.74, 6) is 0. The fourth-order valence-electron chi connectivity index (χ4n) is 1.41. The van der Waals surface area contributed by atoms with E-state index in [-0.39, 0.29) is 6.10 Å². The first-order chi connectivity index (χ1) is 7.20. The molecular weight excluding hydrogens is 192 g/mol. The molecule has 0 heterocycles. The lowest BCUT2D eigenvalue weighted by Crippen LogP contribution is -2.15. The van der Waals surface area contributed by atoms with Gasteiger partial charge in [0, 0.05) is 0 Å². The Labute approximate surface area is 93.1 Å². The van der Waals surface area contributed by atoms with Crippen molar-refractivity contribution in [2.45, 2.75) is 65.4 Å². The molecule has 3 nitrogen and oxygen atoms in total. The Morgan fingerprint density at radius 3 is 2.40 bits per heavy atom. The third kappa shape index (κ3) is 9.57. The Kier molecular flexibility index (Phi) is 9.33. The largest absolute Gasteiger partial charge is 0.508 e. The zero-order valence-electron chi connectivity index (χ0n) is 10.3. The lowest BCUT2D eigenvalue weighted by Gasteiger charge is -2.12. The van der Waals surface area contributed by atoms with Gasteiger partial charge in [0.25, 0.3) is 0 Å². The SMILES string of the molecule is CCCCCCCC(C)OC(=O)OCC. The first kappa shape index (κ1) is 14.3. The van der Waals surface area contributed by atoms with E-state index in [4.69, 9.17) is 9.47 Å². The van der Waals surface area contributed by atoms with Crippen LogP contribution in [0.1, 0.15) is 59.3 Å². The van der Waals surface area contributed by atoms with Crippen molar-refractivity contribution >= 4 is 6.16 Å². The molecule has 0 aliphatic carbocycles. The molecule has 90 valence electrons. The molecule has 0 radical (unpaired) electrons. The van der Waals surface area contributed by atoms with E-state index in [2.05, 4.69) is 6.92 Å². The Morgan fingerprint density at radius 1 is 1.13 bits per heavy atom. The van der Waals surface area contributed by atoms with Gasteiger partial charge in [0.2, 0.25) is 0 Å². The Hall–Kier alpha value is -0.730. The van der Waals surface area contributed by atoms with Crippen molar-refractivity contribution in [3.8, 4) is 0 Å². The Morgan fingerprint density at radius 2 is 1.80 bits per heavy atom. The number of hydrogen-bond donors (Lipinski definition) is 0. The maximum Gasteiger partial charge on any atom is 0.508 e. The Bertz CT molecular complexity index is 157. The zero-order chi connectivity index (χ0) is 11.5. The van der Waals surface area contributed by atoms with Crippen molar-refractivity contribution in [1.29, 1.82) is 0 Å². The van der Waals surface area contributed by atoms with E-state index >= 15 is 0 Å². The van der Waals surface area contributed by atoms with E-state index in [0.717, 1.165) is 12.8 Å². The topological polar surface area (TPSA) is 35.5 Å². The van der Waals surface area contributed by atoms with Crippen LogP contribution in [0.25, 0.3) is 0 Å². The summed E-state index contributed by atoms with van der Waals surface area (Å²) in [5, 5.41) is 0. The van der Waals surface area contributed by atoms with Crippen LogP contribution in [-0.2, 0) is 9.47 Å². The lowest BCUT2D eigenvalue weighted by molar-refractivity contribution is 0.0289. The second-order valence-electron chi connectivity index (χ2n) is 3.81. The summed E-state index contributed by atoms with van der Waals surface area (Å²) in [4.78, 5) is 10.9. The molecule has 0 aromatic carbocycles. The van der Waals surface area contributed by atoms with Crippen LogP contribution in [-0.4, -0.2) is 18.9 Å². The van der Waals surface area contributed by atoms with E-state index in [0.29, 0.717) is 6.61 Å². The zero-order valence-corrected chi connectivity index (χ0v) is 10.3. The molecule has 1 atom stereocenters. The molecule has 0 N–H and O–H groups in total. The number of ether oxygens (including phenoxy) is 2. The van der Waals surface area contributed by atoms with Gasteiger partial charge in [0.15, 0.2) is 0 Å². The summed E-state index contributed by atoms with van der Waals surface area (Å²) >= 11 is 0. The second-order valence-corrected chi connectivity index (χ2v) is 3.81. The molecule has 0 aliphatic rings. The highest BCUT2D eigenvalue weighted by Gasteiger charge is 2.08. The molecule has 0 aromatic rings. The van der Waals surface area contributed by atoms with Crippen molar-refractivity contribution in [1.82, 2.24) is 0 Å². The predicted molar refractivity (Wildman–Crippen MR) is 60.9 cm³/mol. The number of rotatable bonds is 8. The van der Waals surface area contributed by atoms with Gasteiger partial charge in [-0.05, 0) is 26.7 Å². The summed E-state index contributed by atoms with van der Waals surface area (Å²) in [7, 11) is 0. The van der Waals surface area contributed by atoms with Gasteiger partial charge in [-0.1, -0.05) is 32.6 Å². The average Bonchev–Trinajstić information content (AvgIpc) is 2.17. The molecule has 0 aliphatic heterocycles. The van der Waals surface area contributed by atoms with Gasteiger partial charge in [0.1, 0.15) is 6.10 Å². The minimum Gasteiger partial charge on any atom is -0.435 e. The molecule has 0 spiro atoms. The quantitative estimate of drug-likeness (QED) is 0.456. The van der Waals surface area contributed by atoms with Crippen LogP contribution in [0.5, 0.6) is 0 Å². The molecule has 15 heavy (non-hydrogen) atoms. The third-order valence-corrected chi connectivity index (χ3v) is 2.27. The summed E-state index contributed by atoms with van der Waals surface area (Å²) in [6.07, 6.45) is 6.56. The molecule has 0 aromatic heterocycles.